The molecule has 2 aliphatic heterocycles. The van der Waals surface area contributed by atoms with Crippen molar-refractivity contribution in [3.05, 3.63) is 54.1 Å². The molecule has 29 heavy (non-hydrogen) atoms. The van der Waals surface area contributed by atoms with Gasteiger partial charge < -0.3 is 14.2 Å². The largest absolute Gasteiger partial charge is 0.383 e. The van der Waals surface area contributed by atoms with Gasteiger partial charge in [-0.15, -0.1) is 0 Å². The second-order valence-electron chi connectivity index (χ2n) is 8.66. The number of fused-ring (bicyclic) bond motifs is 2. The molecule has 2 fully saturated rings. The maximum Gasteiger partial charge on any atom is 0.230 e. The zero-order valence-electron chi connectivity index (χ0n) is 17.8. The quantitative estimate of drug-likeness (QED) is 0.688. The molecule has 0 radical (unpaired) electrons. The molecule has 0 spiro atoms. The number of hydrogen-bond donors (Lipinski definition) is 0. The number of aromatic nitrogens is 2. The predicted molar refractivity (Wildman–Crippen MR) is 112 cm³/mol. The van der Waals surface area contributed by atoms with Gasteiger partial charge in [0.1, 0.15) is 0 Å². The second kappa shape index (κ2) is 8.28. The number of nitrogens with zero attached hydrogens (tertiary/aromatic N) is 4. The van der Waals surface area contributed by atoms with E-state index in [1.165, 1.54) is 17.7 Å². The summed E-state index contributed by atoms with van der Waals surface area (Å²) in [5.74, 6) is 0.264. The van der Waals surface area contributed by atoms with Crippen molar-refractivity contribution in [2.24, 2.45) is 12.5 Å². The van der Waals surface area contributed by atoms with Crippen molar-refractivity contribution in [3.8, 4) is 0 Å². The van der Waals surface area contributed by atoms with Crippen LogP contribution in [0, 0.1) is 5.41 Å². The van der Waals surface area contributed by atoms with Crippen molar-refractivity contribution >= 4 is 5.91 Å². The summed E-state index contributed by atoms with van der Waals surface area (Å²) in [5.41, 5.74) is 2.08. The molecule has 156 valence electrons. The van der Waals surface area contributed by atoms with E-state index in [-0.39, 0.29) is 17.4 Å². The van der Waals surface area contributed by atoms with E-state index in [2.05, 4.69) is 38.7 Å². The van der Waals surface area contributed by atoms with E-state index in [0.29, 0.717) is 19.2 Å². The minimum atomic E-state index is -0.370. The van der Waals surface area contributed by atoms with Gasteiger partial charge in [-0.3, -0.25) is 9.69 Å². The number of carbonyl (C=O) groups excluding carboxylic acids is 1. The molecule has 6 heteroatoms. The summed E-state index contributed by atoms with van der Waals surface area (Å²) >= 11 is 0. The molecule has 1 aromatic heterocycles. The number of hydrogen-bond acceptors (Lipinski definition) is 4. The minimum Gasteiger partial charge on any atom is -0.383 e. The van der Waals surface area contributed by atoms with Crippen molar-refractivity contribution < 1.29 is 9.53 Å². The molecule has 6 nitrogen and oxygen atoms in total. The lowest BCUT2D eigenvalue weighted by molar-refractivity contribution is -0.143. The Morgan fingerprint density at radius 3 is 2.79 bits per heavy atom. The molecule has 4 rings (SSSR count). The van der Waals surface area contributed by atoms with Crippen molar-refractivity contribution in [2.45, 2.75) is 44.3 Å². The third kappa shape index (κ3) is 3.71. The van der Waals surface area contributed by atoms with Crippen molar-refractivity contribution in [3.63, 3.8) is 0 Å². The molecule has 0 N–H and O–H groups in total. The molecule has 2 aliphatic rings. The van der Waals surface area contributed by atoms with Crippen LogP contribution in [0.4, 0.5) is 0 Å². The summed E-state index contributed by atoms with van der Waals surface area (Å²) in [4.78, 5) is 22.5. The zero-order valence-corrected chi connectivity index (χ0v) is 17.8. The van der Waals surface area contributed by atoms with Gasteiger partial charge in [0.05, 0.1) is 24.0 Å². The lowest BCUT2D eigenvalue weighted by atomic mass is 9.69. The van der Waals surface area contributed by atoms with Gasteiger partial charge in [-0.1, -0.05) is 30.3 Å². The SMILES string of the molecule is COCCN(C)C(=O)[C@]1(Cc2ccccc2)C[C@@H]2CC[C@H]1N2Cc1cncn1C. The van der Waals surface area contributed by atoms with Crippen LogP contribution in [0.25, 0.3) is 0 Å². The van der Waals surface area contributed by atoms with Gasteiger partial charge in [-0.2, -0.15) is 0 Å². The number of methoxy groups -OCH3 is 1. The van der Waals surface area contributed by atoms with Crippen LogP contribution in [0.5, 0.6) is 0 Å². The number of ether oxygens (including phenoxy) is 1. The van der Waals surface area contributed by atoms with E-state index in [1.807, 2.05) is 37.6 Å². The first-order chi connectivity index (χ1) is 14.0. The second-order valence-corrected chi connectivity index (χ2v) is 8.66. The monoisotopic (exact) mass is 396 g/mol. The van der Waals surface area contributed by atoms with E-state index in [1.54, 1.807) is 7.11 Å². The molecular formula is C23H32N4O2. The van der Waals surface area contributed by atoms with Crippen LogP contribution in [0.1, 0.15) is 30.5 Å². The number of rotatable bonds is 8. The normalized spacial score (nSPS) is 26.2. The fourth-order valence-corrected chi connectivity index (χ4v) is 5.43. The molecule has 0 saturated carbocycles. The van der Waals surface area contributed by atoms with Gasteiger partial charge in [0.2, 0.25) is 5.91 Å². The van der Waals surface area contributed by atoms with Crippen LogP contribution in [0.3, 0.4) is 0 Å². The van der Waals surface area contributed by atoms with Gasteiger partial charge in [-0.25, -0.2) is 4.98 Å². The summed E-state index contributed by atoms with van der Waals surface area (Å²) < 4.78 is 7.32. The van der Waals surface area contributed by atoms with E-state index in [0.717, 1.165) is 25.8 Å². The standard InChI is InChI=1S/C23H32N4O2/c1-25(11-12-29-3)22(28)23(13-18-7-5-4-6-8-18)14-19-9-10-21(23)27(19)16-20-15-24-17-26(20)2/h4-8,15,17,19,21H,9-14,16H2,1-3H3/t19-,21+,23+/m0/s1. The van der Waals surface area contributed by atoms with Gasteiger partial charge in [0.25, 0.3) is 0 Å². The summed E-state index contributed by atoms with van der Waals surface area (Å²) in [6.45, 7) is 2.05. The molecule has 3 atom stereocenters. The van der Waals surface area contributed by atoms with Gasteiger partial charge >= 0.3 is 0 Å². The Morgan fingerprint density at radius 1 is 1.31 bits per heavy atom. The maximum absolute atomic E-state index is 13.8. The first-order valence-corrected chi connectivity index (χ1v) is 10.5. The molecule has 2 saturated heterocycles. The number of benzene rings is 1. The number of imidazole rings is 1. The first-order valence-electron chi connectivity index (χ1n) is 10.5. The molecule has 2 bridgehead atoms. The van der Waals surface area contributed by atoms with Gasteiger partial charge in [0, 0.05) is 52.6 Å². The summed E-state index contributed by atoms with van der Waals surface area (Å²) in [6.07, 6.45) is 7.79. The van der Waals surface area contributed by atoms with Crippen LogP contribution in [-0.2, 0) is 29.5 Å². The third-order valence-electron chi connectivity index (χ3n) is 6.91. The van der Waals surface area contributed by atoms with Crippen molar-refractivity contribution in [1.29, 1.82) is 0 Å². The molecule has 2 aromatic rings. The van der Waals surface area contributed by atoms with Gasteiger partial charge in [-0.05, 0) is 31.2 Å². The highest BCUT2D eigenvalue weighted by Gasteiger charge is 2.60. The van der Waals surface area contributed by atoms with Gasteiger partial charge in [0.15, 0.2) is 0 Å². The number of likely N-dealkylation sites (N-methyl/N-ethyl adjacent to an activating group) is 1. The average molecular weight is 397 g/mol. The zero-order chi connectivity index (χ0) is 20.4. The van der Waals surface area contributed by atoms with Crippen LogP contribution >= 0.6 is 0 Å². The van der Waals surface area contributed by atoms with E-state index in [9.17, 15) is 4.79 Å². The molecule has 1 aromatic carbocycles. The average Bonchev–Trinajstić information content (AvgIpc) is 3.40. The van der Waals surface area contributed by atoms with E-state index >= 15 is 0 Å². The minimum absolute atomic E-state index is 0.264. The van der Waals surface area contributed by atoms with Crippen LogP contribution in [0.15, 0.2) is 42.9 Å². The Hall–Kier alpha value is -2.18. The van der Waals surface area contributed by atoms with Crippen molar-refractivity contribution in [2.75, 3.05) is 27.3 Å². The fourth-order valence-electron chi connectivity index (χ4n) is 5.43. The number of aryl methyl sites for hydroxylation is 1. The van der Waals surface area contributed by atoms with Crippen molar-refractivity contribution in [1.82, 2.24) is 19.4 Å². The molecule has 0 aliphatic carbocycles. The lowest BCUT2D eigenvalue weighted by Gasteiger charge is -2.39. The Kier molecular flexibility index (Phi) is 5.74. The molecular weight excluding hydrogens is 364 g/mol. The Labute approximate surface area is 173 Å². The summed E-state index contributed by atoms with van der Waals surface area (Å²) in [7, 11) is 5.65. The van der Waals surface area contributed by atoms with E-state index < -0.39 is 0 Å². The summed E-state index contributed by atoms with van der Waals surface area (Å²) in [5, 5.41) is 0. The maximum atomic E-state index is 13.8. The Bertz CT molecular complexity index is 836. The Morgan fingerprint density at radius 2 is 2.10 bits per heavy atom. The van der Waals surface area contributed by atoms with E-state index in [4.69, 9.17) is 4.74 Å². The molecule has 0 unspecified atom stereocenters. The highest BCUT2D eigenvalue weighted by molar-refractivity contribution is 5.84. The summed E-state index contributed by atoms with van der Waals surface area (Å²) in [6, 6.07) is 11.2. The predicted octanol–water partition coefficient (Wildman–Crippen LogP) is 2.49. The topological polar surface area (TPSA) is 50.6 Å². The first kappa shape index (κ1) is 20.1. The lowest BCUT2D eigenvalue weighted by Crippen LogP contribution is -2.51. The fraction of sp³-hybridized carbons (Fsp3) is 0.565. The van der Waals surface area contributed by atoms with Crippen LogP contribution in [-0.4, -0.2) is 64.7 Å². The molecule has 1 amide bonds. The Balaban J connectivity index is 1.64. The van der Waals surface area contributed by atoms with Crippen LogP contribution < -0.4 is 0 Å². The number of amides is 1. The highest BCUT2D eigenvalue weighted by Crippen LogP contribution is 2.53. The number of carbonyl (C=O) groups is 1. The molecule has 3 heterocycles. The highest BCUT2D eigenvalue weighted by atomic mass is 16.5. The third-order valence-corrected chi connectivity index (χ3v) is 6.91. The smallest absolute Gasteiger partial charge is 0.230 e. The van der Waals surface area contributed by atoms with Crippen LogP contribution in [0.2, 0.25) is 0 Å².